The summed E-state index contributed by atoms with van der Waals surface area (Å²) in [6.45, 7) is 8.32. The monoisotopic (exact) mass is 442 g/mol. The quantitative estimate of drug-likeness (QED) is 0.694. The minimum absolute atomic E-state index is 0.111. The summed E-state index contributed by atoms with van der Waals surface area (Å²) in [5.41, 5.74) is 2.30. The van der Waals surface area contributed by atoms with Crippen molar-refractivity contribution in [3.8, 4) is 0 Å². The Balaban J connectivity index is 0.000000913. The Bertz CT molecular complexity index is 980. The number of carbonyl (C=O) groups excluding carboxylic acids is 1. The van der Waals surface area contributed by atoms with E-state index < -0.39 is 0 Å². The van der Waals surface area contributed by atoms with Crippen LogP contribution in [0.25, 0.3) is 0 Å². The van der Waals surface area contributed by atoms with Crippen LogP contribution in [-0.4, -0.2) is 49.8 Å². The standard InChI is InChI=1S/C23H32N4O2.CH2O2/c1-16(2)7-8-21-19-13-18(20-5-4-6-23(29)27(20)21)14-25(15-19)22(28)10-12-26-17(3)9-11-24-26;2-1-3/h4-6,9,11,16,18-19,21H,7-8,10,12-15H2,1-3H3;1H,(H,2,3)/t18-,19+,21+;/m1./s1. The zero-order valence-electron chi connectivity index (χ0n) is 19.2. The van der Waals surface area contributed by atoms with Crippen LogP contribution < -0.4 is 5.56 Å². The zero-order valence-corrected chi connectivity index (χ0v) is 19.2. The average Bonchev–Trinajstić information content (AvgIpc) is 3.17. The predicted octanol–water partition coefficient (Wildman–Crippen LogP) is 3.07. The molecule has 174 valence electrons. The first-order valence-electron chi connectivity index (χ1n) is 11.4. The number of nitrogens with zero attached hydrogens (tertiary/aromatic N) is 4. The van der Waals surface area contributed by atoms with Gasteiger partial charge in [0.15, 0.2) is 0 Å². The number of fused-ring (bicyclic) bond motifs is 4. The molecular weight excluding hydrogens is 408 g/mol. The summed E-state index contributed by atoms with van der Waals surface area (Å²) in [5, 5.41) is 11.2. The molecule has 1 saturated heterocycles. The van der Waals surface area contributed by atoms with Crippen LogP contribution in [-0.2, 0) is 16.1 Å². The Hall–Kier alpha value is -2.90. The third-order valence-corrected chi connectivity index (χ3v) is 6.66. The normalized spacial score (nSPS) is 21.5. The molecule has 2 aliphatic heterocycles. The van der Waals surface area contributed by atoms with Crippen molar-refractivity contribution >= 4 is 12.4 Å². The molecule has 8 heteroatoms. The average molecular weight is 443 g/mol. The van der Waals surface area contributed by atoms with Gasteiger partial charge in [-0.2, -0.15) is 5.10 Å². The number of carboxylic acid groups (broad SMARTS) is 1. The van der Waals surface area contributed by atoms with Crippen molar-refractivity contribution < 1.29 is 14.7 Å². The molecule has 0 radical (unpaired) electrons. The summed E-state index contributed by atoms with van der Waals surface area (Å²) in [7, 11) is 0. The molecule has 1 fully saturated rings. The number of carbonyl (C=O) groups is 2. The lowest BCUT2D eigenvalue weighted by atomic mass is 9.76. The molecule has 2 aromatic heterocycles. The first-order chi connectivity index (χ1) is 15.3. The van der Waals surface area contributed by atoms with Gasteiger partial charge in [0.2, 0.25) is 5.91 Å². The van der Waals surface area contributed by atoms with Gasteiger partial charge in [0.25, 0.3) is 12.0 Å². The number of hydrogen-bond donors (Lipinski definition) is 1. The molecule has 2 bridgehead atoms. The largest absolute Gasteiger partial charge is 0.483 e. The summed E-state index contributed by atoms with van der Waals surface area (Å²) >= 11 is 0. The van der Waals surface area contributed by atoms with Gasteiger partial charge in [0, 0.05) is 61.7 Å². The lowest BCUT2D eigenvalue weighted by Crippen LogP contribution is -2.51. The molecule has 1 amide bonds. The van der Waals surface area contributed by atoms with E-state index in [0.29, 0.717) is 31.3 Å². The molecule has 8 nitrogen and oxygen atoms in total. The van der Waals surface area contributed by atoms with Crippen molar-refractivity contribution in [1.82, 2.24) is 19.2 Å². The van der Waals surface area contributed by atoms with Crippen LogP contribution in [0.1, 0.15) is 62.9 Å². The highest BCUT2D eigenvalue weighted by atomic mass is 16.3. The van der Waals surface area contributed by atoms with E-state index in [0.717, 1.165) is 37.2 Å². The molecule has 0 unspecified atom stereocenters. The minimum atomic E-state index is -0.250. The van der Waals surface area contributed by atoms with E-state index in [1.54, 1.807) is 12.3 Å². The van der Waals surface area contributed by atoms with E-state index in [4.69, 9.17) is 9.90 Å². The molecule has 4 heterocycles. The second-order valence-electron chi connectivity index (χ2n) is 9.24. The number of aromatic nitrogens is 3. The number of rotatable bonds is 6. The van der Waals surface area contributed by atoms with E-state index in [1.807, 2.05) is 28.6 Å². The number of amides is 1. The topological polar surface area (TPSA) is 97.4 Å². The Morgan fingerprint density at radius 3 is 2.69 bits per heavy atom. The maximum Gasteiger partial charge on any atom is 0.290 e. The summed E-state index contributed by atoms with van der Waals surface area (Å²) in [5.74, 6) is 1.42. The van der Waals surface area contributed by atoms with Crippen LogP contribution >= 0.6 is 0 Å². The van der Waals surface area contributed by atoms with E-state index >= 15 is 0 Å². The van der Waals surface area contributed by atoms with E-state index in [-0.39, 0.29) is 29.9 Å². The third-order valence-electron chi connectivity index (χ3n) is 6.66. The fraction of sp³-hybridized carbons (Fsp3) is 0.583. The van der Waals surface area contributed by atoms with Gasteiger partial charge in [-0.3, -0.25) is 19.1 Å². The molecular formula is C24H34N4O4. The number of aryl methyl sites for hydroxylation is 2. The van der Waals surface area contributed by atoms with Gasteiger partial charge in [0.1, 0.15) is 0 Å². The van der Waals surface area contributed by atoms with Gasteiger partial charge in [-0.15, -0.1) is 0 Å². The van der Waals surface area contributed by atoms with Gasteiger partial charge >= 0.3 is 0 Å². The molecule has 0 saturated carbocycles. The highest BCUT2D eigenvalue weighted by Gasteiger charge is 2.41. The molecule has 2 aliphatic rings. The molecule has 32 heavy (non-hydrogen) atoms. The fourth-order valence-corrected chi connectivity index (χ4v) is 5.11. The van der Waals surface area contributed by atoms with Crippen LogP contribution in [0.15, 0.2) is 35.3 Å². The zero-order chi connectivity index (χ0) is 23.3. The van der Waals surface area contributed by atoms with E-state index in [1.165, 1.54) is 0 Å². The Labute approximate surface area is 188 Å². The maximum absolute atomic E-state index is 13.0. The molecule has 0 aromatic carbocycles. The first kappa shape index (κ1) is 23.8. The predicted molar refractivity (Wildman–Crippen MR) is 122 cm³/mol. The molecule has 0 aliphatic carbocycles. The van der Waals surface area contributed by atoms with Crippen molar-refractivity contribution in [2.75, 3.05) is 13.1 Å². The summed E-state index contributed by atoms with van der Waals surface area (Å²) in [6.07, 6.45) is 5.42. The molecule has 1 N–H and O–H groups in total. The molecule has 4 rings (SSSR count). The van der Waals surface area contributed by atoms with Crippen molar-refractivity contribution in [2.24, 2.45) is 11.8 Å². The molecule has 2 aromatic rings. The van der Waals surface area contributed by atoms with Crippen molar-refractivity contribution in [3.05, 3.63) is 52.2 Å². The van der Waals surface area contributed by atoms with Crippen LogP contribution in [0.4, 0.5) is 0 Å². The van der Waals surface area contributed by atoms with Crippen molar-refractivity contribution in [1.29, 1.82) is 0 Å². The van der Waals surface area contributed by atoms with Gasteiger partial charge in [-0.1, -0.05) is 19.9 Å². The summed E-state index contributed by atoms with van der Waals surface area (Å²) in [4.78, 5) is 36.1. The van der Waals surface area contributed by atoms with Crippen molar-refractivity contribution in [2.45, 2.75) is 65.0 Å². The highest BCUT2D eigenvalue weighted by molar-refractivity contribution is 5.76. The highest BCUT2D eigenvalue weighted by Crippen LogP contribution is 2.43. The SMILES string of the molecule is Cc1ccnn1CCC(=O)N1C[C@H]2C[C@@H](C1)[C@H](CCC(C)C)n1c2cccc1=O.O=CO. The number of hydrogen-bond acceptors (Lipinski definition) is 4. The molecule has 3 atom stereocenters. The summed E-state index contributed by atoms with van der Waals surface area (Å²) < 4.78 is 3.94. The van der Waals surface area contributed by atoms with Gasteiger partial charge in [0.05, 0.1) is 0 Å². The number of pyridine rings is 1. The second-order valence-corrected chi connectivity index (χ2v) is 9.24. The van der Waals surface area contributed by atoms with Crippen LogP contribution in [0, 0.1) is 18.8 Å². The fourth-order valence-electron chi connectivity index (χ4n) is 5.11. The lowest BCUT2D eigenvalue weighted by molar-refractivity contribution is -0.134. The first-order valence-corrected chi connectivity index (χ1v) is 11.4. The minimum Gasteiger partial charge on any atom is -0.483 e. The van der Waals surface area contributed by atoms with Gasteiger partial charge in [-0.25, -0.2) is 0 Å². The Kier molecular flexibility index (Phi) is 7.88. The second kappa shape index (κ2) is 10.6. The number of likely N-dealkylation sites (tertiary alicyclic amines) is 1. The van der Waals surface area contributed by atoms with Gasteiger partial charge in [-0.05, 0) is 50.2 Å². The third kappa shape index (κ3) is 5.29. The van der Waals surface area contributed by atoms with Crippen LogP contribution in [0.5, 0.6) is 0 Å². The lowest BCUT2D eigenvalue weighted by Gasteiger charge is -2.47. The van der Waals surface area contributed by atoms with Crippen LogP contribution in [0.3, 0.4) is 0 Å². The van der Waals surface area contributed by atoms with Crippen molar-refractivity contribution in [3.63, 3.8) is 0 Å². The summed E-state index contributed by atoms with van der Waals surface area (Å²) in [6, 6.07) is 7.80. The van der Waals surface area contributed by atoms with E-state index in [9.17, 15) is 9.59 Å². The number of piperidine rings is 1. The Morgan fingerprint density at radius 2 is 2.03 bits per heavy atom. The maximum atomic E-state index is 13.0. The van der Waals surface area contributed by atoms with Crippen LogP contribution in [0.2, 0.25) is 0 Å². The Morgan fingerprint density at radius 1 is 1.28 bits per heavy atom. The molecule has 0 spiro atoms. The van der Waals surface area contributed by atoms with Gasteiger partial charge < -0.3 is 14.6 Å². The van der Waals surface area contributed by atoms with E-state index in [2.05, 4.69) is 29.6 Å². The smallest absolute Gasteiger partial charge is 0.290 e.